The normalized spacial score (nSPS) is 13.1. The number of hydrogen-bond donors (Lipinski definition) is 1. The molecule has 0 saturated heterocycles. The van der Waals surface area contributed by atoms with Gasteiger partial charge in [-0.25, -0.2) is 0 Å². The number of para-hydroxylation sites is 1. The quantitative estimate of drug-likeness (QED) is 0.723. The molecule has 1 N–H and O–H groups in total. The molecule has 4 heteroatoms. The van der Waals surface area contributed by atoms with Gasteiger partial charge in [-0.1, -0.05) is 18.2 Å². The highest BCUT2D eigenvalue weighted by Crippen LogP contribution is 2.27. The zero-order chi connectivity index (χ0) is 16.4. The molecule has 2 heterocycles. The van der Waals surface area contributed by atoms with E-state index in [1.807, 2.05) is 25.1 Å². The third kappa shape index (κ3) is 3.66. The van der Waals surface area contributed by atoms with E-state index in [4.69, 9.17) is 4.42 Å². The monoisotopic (exact) mass is 329 g/mol. The molecule has 2 aromatic heterocycles. The van der Waals surface area contributed by atoms with Crippen molar-refractivity contribution in [2.75, 3.05) is 6.54 Å². The Morgan fingerprint density at radius 3 is 2.61 bits per heavy atom. The molecule has 0 radical (unpaired) electrons. The van der Waals surface area contributed by atoms with Crippen LogP contribution in [0.25, 0.3) is 11.0 Å². The van der Waals surface area contributed by atoms with E-state index in [0.29, 0.717) is 13.1 Å². The molecule has 0 aliphatic heterocycles. The Labute approximate surface area is 141 Å². The minimum absolute atomic E-state index is 0.361. The lowest BCUT2D eigenvalue weighted by atomic mass is 10.1. The lowest BCUT2D eigenvalue weighted by Crippen LogP contribution is -2.30. The number of aryl methyl sites for hydroxylation is 2. The highest BCUT2D eigenvalue weighted by molar-refractivity contribution is 7.10. The molecule has 0 bridgehead atoms. The van der Waals surface area contributed by atoms with Gasteiger partial charge in [-0.3, -0.25) is 4.90 Å². The number of nitrogens with zero attached hydrogens (tertiary/aromatic N) is 1. The second-order valence-electron chi connectivity index (χ2n) is 6.19. The average Bonchev–Trinajstić information content (AvgIpc) is 3.04. The van der Waals surface area contributed by atoms with E-state index in [2.05, 4.69) is 36.3 Å². The summed E-state index contributed by atoms with van der Waals surface area (Å²) in [5, 5.41) is 13.1. The Morgan fingerprint density at radius 1 is 1.17 bits per heavy atom. The molecule has 23 heavy (non-hydrogen) atoms. The first kappa shape index (κ1) is 16.2. The molecule has 0 aliphatic rings. The summed E-state index contributed by atoms with van der Waals surface area (Å²) in [6.45, 7) is 8.26. The van der Waals surface area contributed by atoms with Crippen molar-refractivity contribution < 1.29 is 9.52 Å². The van der Waals surface area contributed by atoms with E-state index in [1.54, 1.807) is 11.3 Å². The number of furan rings is 1. The zero-order valence-electron chi connectivity index (χ0n) is 13.9. The predicted molar refractivity (Wildman–Crippen MR) is 95.8 cm³/mol. The van der Waals surface area contributed by atoms with Crippen LogP contribution < -0.4 is 0 Å². The van der Waals surface area contributed by atoms with Crippen LogP contribution in [0, 0.1) is 13.8 Å². The van der Waals surface area contributed by atoms with Crippen LogP contribution in [-0.2, 0) is 13.1 Å². The van der Waals surface area contributed by atoms with Gasteiger partial charge in [0.2, 0.25) is 0 Å². The van der Waals surface area contributed by atoms with Crippen molar-refractivity contribution in [3.63, 3.8) is 0 Å². The molecule has 0 fully saturated rings. The van der Waals surface area contributed by atoms with Crippen molar-refractivity contribution >= 4 is 22.3 Å². The molecule has 3 aromatic rings. The SMILES string of the molecule is Cc1ccsc1CN(Cc1oc2ccccc2c1C)CC(C)O. The van der Waals surface area contributed by atoms with Crippen molar-refractivity contribution in [1.29, 1.82) is 0 Å². The third-order valence-electron chi connectivity index (χ3n) is 4.17. The smallest absolute Gasteiger partial charge is 0.134 e. The Bertz CT molecular complexity index is 788. The van der Waals surface area contributed by atoms with Crippen molar-refractivity contribution in [3.8, 4) is 0 Å². The zero-order valence-corrected chi connectivity index (χ0v) is 14.7. The second kappa shape index (κ2) is 6.87. The van der Waals surface area contributed by atoms with Gasteiger partial charge < -0.3 is 9.52 Å². The van der Waals surface area contributed by atoms with Crippen molar-refractivity contribution in [1.82, 2.24) is 4.90 Å². The Kier molecular flexibility index (Phi) is 4.85. The summed E-state index contributed by atoms with van der Waals surface area (Å²) in [6, 6.07) is 10.3. The van der Waals surface area contributed by atoms with Gasteiger partial charge in [-0.15, -0.1) is 11.3 Å². The van der Waals surface area contributed by atoms with Crippen LogP contribution in [0.1, 0.15) is 28.7 Å². The molecule has 0 saturated carbocycles. The Morgan fingerprint density at radius 2 is 1.96 bits per heavy atom. The summed E-state index contributed by atoms with van der Waals surface area (Å²) in [6.07, 6.45) is -0.361. The van der Waals surface area contributed by atoms with Crippen LogP contribution in [-0.4, -0.2) is 22.7 Å². The highest BCUT2D eigenvalue weighted by atomic mass is 32.1. The highest BCUT2D eigenvalue weighted by Gasteiger charge is 2.17. The number of fused-ring (bicyclic) bond motifs is 1. The van der Waals surface area contributed by atoms with Crippen molar-refractivity contribution in [2.45, 2.75) is 40.0 Å². The molecule has 0 amide bonds. The number of rotatable bonds is 6. The van der Waals surface area contributed by atoms with E-state index in [0.717, 1.165) is 17.9 Å². The fraction of sp³-hybridized carbons (Fsp3) is 0.368. The number of aliphatic hydroxyl groups excluding tert-OH is 1. The summed E-state index contributed by atoms with van der Waals surface area (Å²) < 4.78 is 6.04. The average molecular weight is 329 g/mol. The number of hydrogen-bond acceptors (Lipinski definition) is 4. The third-order valence-corrected chi connectivity index (χ3v) is 5.18. The van der Waals surface area contributed by atoms with Crippen molar-refractivity contribution in [3.05, 3.63) is 57.5 Å². The second-order valence-corrected chi connectivity index (χ2v) is 7.19. The maximum absolute atomic E-state index is 9.84. The minimum Gasteiger partial charge on any atom is -0.459 e. The number of benzene rings is 1. The molecule has 1 unspecified atom stereocenters. The first-order chi connectivity index (χ1) is 11.0. The van der Waals surface area contributed by atoms with Gasteiger partial charge in [0, 0.05) is 23.4 Å². The van der Waals surface area contributed by atoms with Crippen LogP contribution in [0.4, 0.5) is 0 Å². The van der Waals surface area contributed by atoms with Gasteiger partial charge in [0.25, 0.3) is 0 Å². The lowest BCUT2D eigenvalue weighted by Gasteiger charge is -2.23. The van der Waals surface area contributed by atoms with Crippen LogP contribution in [0.15, 0.2) is 40.1 Å². The fourth-order valence-electron chi connectivity index (χ4n) is 2.91. The maximum Gasteiger partial charge on any atom is 0.134 e. The fourth-order valence-corrected chi connectivity index (χ4v) is 3.85. The summed E-state index contributed by atoms with van der Waals surface area (Å²) in [4.78, 5) is 3.60. The number of aliphatic hydroxyl groups is 1. The van der Waals surface area contributed by atoms with Crippen LogP contribution in [0.5, 0.6) is 0 Å². The van der Waals surface area contributed by atoms with Gasteiger partial charge in [0.15, 0.2) is 0 Å². The van der Waals surface area contributed by atoms with Gasteiger partial charge in [0.1, 0.15) is 11.3 Å². The molecule has 0 aliphatic carbocycles. The lowest BCUT2D eigenvalue weighted by molar-refractivity contribution is 0.114. The summed E-state index contributed by atoms with van der Waals surface area (Å²) >= 11 is 1.77. The van der Waals surface area contributed by atoms with E-state index in [1.165, 1.54) is 21.4 Å². The first-order valence-corrected chi connectivity index (χ1v) is 8.83. The molecule has 1 aromatic carbocycles. The molecule has 0 spiro atoms. The van der Waals surface area contributed by atoms with Crippen LogP contribution in [0.2, 0.25) is 0 Å². The molecule has 3 rings (SSSR count). The van der Waals surface area contributed by atoms with Gasteiger partial charge >= 0.3 is 0 Å². The standard InChI is InChI=1S/C19H23NO2S/c1-13-8-9-23-19(13)12-20(10-14(2)21)11-18-15(3)16-6-4-5-7-17(16)22-18/h4-9,14,21H,10-12H2,1-3H3. The van der Waals surface area contributed by atoms with E-state index in [9.17, 15) is 5.11 Å². The van der Waals surface area contributed by atoms with E-state index in [-0.39, 0.29) is 6.10 Å². The molecular weight excluding hydrogens is 306 g/mol. The van der Waals surface area contributed by atoms with E-state index < -0.39 is 0 Å². The molecular formula is C19H23NO2S. The number of thiophene rings is 1. The summed E-state index contributed by atoms with van der Waals surface area (Å²) in [5.74, 6) is 0.987. The summed E-state index contributed by atoms with van der Waals surface area (Å²) in [5.41, 5.74) is 3.44. The molecule has 122 valence electrons. The molecule has 3 nitrogen and oxygen atoms in total. The predicted octanol–water partition coefficient (Wildman–Crippen LogP) is 4.49. The maximum atomic E-state index is 9.84. The Balaban J connectivity index is 1.84. The Hall–Kier alpha value is -1.62. The van der Waals surface area contributed by atoms with Gasteiger partial charge in [-0.2, -0.15) is 0 Å². The van der Waals surface area contributed by atoms with Crippen molar-refractivity contribution in [2.24, 2.45) is 0 Å². The summed E-state index contributed by atoms with van der Waals surface area (Å²) in [7, 11) is 0. The van der Waals surface area contributed by atoms with E-state index >= 15 is 0 Å². The van der Waals surface area contributed by atoms with Crippen LogP contribution >= 0.6 is 11.3 Å². The van der Waals surface area contributed by atoms with Gasteiger partial charge in [0.05, 0.1) is 12.6 Å². The first-order valence-electron chi connectivity index (χ1n) is 7.95. The minimum atomic E-state index is -0.361. The van der Waals surface area contributed by atoms with Gasteiger partial charge in [-0.05, 0) is 49.4 Å². The molecule has 1 atom stereocenters. The van der Waals surface area contributed by atoms with Crippen LogP contribution in [0.3, 0.4) is 0 Å². The largest absolute Gasteiger partial charge is 0.459 e. The topological polar surface area (TPSA) is 36.6 Å².